The third-order valence-corrected chi connectivity index (χ3v) is 4.52. The average molecular weight is 500 g/mol. The Hall–Kier alpha value is -2.17. The number of nitrogens with zero attached hydrogens (tertiary/aromatic N) is 4. The predicted molar refractivity (Wildman–Crippen MR) is 119 cm³/mol. The fraction of sp³-hybridized carbons (Fsp3) is 0.421. The molecule has 1 amide bonds. The Morgan fingerprint density at radius 1 is 1.36 bits per heavy atom. The molecular formula is C19H26FIN6O. The summed E-state index contributed by atoms with van der Waals surface area (Å²) in [5, 5.41) is 10.2. The number of carbonyl (C=O) groups is 1. The molecule has 0 aliphatic carbocycles. The molecule has 2 N–H and O–H groups in total. The first-order valence-electron chi connectivity index (χ1n) is 9.12. The number of aryl methyl sites for hydroxylation is 1. The minimum absolute atomic E-state index is 0. The van der Waals surface area contributed by atoms with Crippen LogP contribution in [0.2, 0.25) is 0 Å². The zero-order valence-corrected chi connectivity index (χ0v) is 18.4. The molecule has 0 spiro atoms. The molecule has 2 aromatic rings. The number of likely N-dealkylation sites (tertiary alicyclic amines) is 1. The molecule has 152 valence electrons. The van der Waals surface area contributed by atoms with Crippen molar-refractivity contribution in [3.8, 4) is 0 Å². The highest BCUT2D eigenvalue weighted by atomic mass is 127. The van der Waals surface area contributed by atoms with Gasteiger partial charge < -0.3 is 15.5 Å². The first-order chi connectivity index (χ1) is 13.0. The van der Waals surface area contributed by atoms with E-state index in [1.807, 2.05) is 31.0 Å². The van der Waals surface area contributed by atoms with Crippen LogP contribution in [-0.2, 0) is 11.8 Å². The maximum atomic E-state index is 12.9. The van der Waals surface area contributed by atoms with E-state index in [4.69, 9.17) is 0 Å². The van der Waals surface area contributed by atoms with E-state index in [1.54, 1.807) is 0 Å². The normalized spacial score (nSPS) is 16.6. The van der Waals surface area contributed by atoms with Crippen molar-refractivity contribution in [3.63, 3.8) is 0 Å². The van der Waals surface area contributed by atoms with Gasteiger partial charge >= 0.3 is 0 Å². The standard InChI is InChI=1S/C19H25FN6O.HI/c1-3-21-19(22-11-18(27)24-17-6-4-16(20)5-7-17)26-9-8-14(13-26)15-10-23-25(2)12-15;/h4-7,10,12,14H,3,8-9,11,13H2,1-2H3,(H,21,22)(H,24,27);1H. The van der Waals surface area contributed by atoms with Gasteiger partial charge in [-0.3, -0.25) is 9.48 Å². The lowest BCUT2D eigenvalue weighted by Gasteiger charge is -2.21. The summed E-state index contributed by atoms with van der Waals surface area (Å²) in [6.45, 7) is 4.46. The molecule has 1 aliphatic rings. The Balaban J connectivity index is 0.00000280. The van der Waals surface area contributed by atoms with Crippen LogP contribution in [0.4, 0.5) is 10.1 Å². The molecule has 1 unspecified atom stereocenters. The molecule has 0 bridgehead atoms. The summed E-state index contributed by atoms with van der Waals surface area (Å²) in [6, 6.07) is 5.68. The van der Waals surface area contributed by atoms with Gasteiger partial charge in [-0.1, -0.05) is 0 Å². The second kappa shape index (κ2) is 10.4. The zero-order chi connectivity index (χ0) is 19.2. The van der Waals surface area contributed by atoms with Gasteiger partial charge in [-0.2, -0.15) is 5.10 Å². The Bertz CT molecular complexity index is 807. The van der Waals surface area contributed by atoms with E-state index in [9.17, 15) is 9.18 Å². The summed E-state index contributed by atoms with van der Waals surface area (Å²) in [6.07, 6.45) is 4.99. The molecule has 0 saturated carbocycles. The Labute approximate surface area is 181 Å². The molecule has 9 heteroatoms. The molecule has 3 rings (SSSR count). The number of guanidine groups is 1. The van der Waals surface area contributed by atoms with Gasteiger partial charge in [0.1, 0.15) is 12.4 Å². The molecular weight excluding hydrogens is 474 g/mol. The van der Waals surface area contributed by atoms with Gasteiger partial charge in [0.2, 0.25) is 5.91 Å². The monoisotopic (exact) mass is 500 g/mol. The van der Waals surface area contributed by atoms with Gasteiger partial charge in [-0.15, -0.1) is 24.0 Å². The number of halogens is 2. The second-order valence-corrected chi connectivity index (χ2v) is 6.60. The van der Waals surface area contributed by atoms with Crippen LogP contribution >= 0.6 is 24.0 Å². The summed E-state index contributed by atoms with van der Waals surface area (Å²) in [4.78, 5) is 18.8. The van der Waals surface area contributed by atoms with E-state index in [-0.39, 0.29) is 42.2 Å². The van der Waals surface area contributed by atoms with Crippen LogP contribution in [0, 0.1) is 5.82 Å². The van der Waals surface area contributed by atoms with Crippen molar-refractivity contribution in [1.82, 2.24) is 20.0 Å². The van der Waals surface area contributed by atoms with Gasteiger partial charge in [0.05, 0.1) is 6.20 Å². The Morgan fingerprint density at radius 3 is 2.75 bits per heavy atom. The number of rotatable bonds is 5. The highest BCUT2D eigenvalue weighted by Crippen LogP contribution is 2.26. The fourth-order valence-corrected chi connectivity index (χ4v) is 3.18. The minimum atomic E-state index is -0.336. The smallest absolute Gasteiger partial charge is 0.246 e. The third-order valence-electron chi connectivity index (χ3n) is 4.52. The van der Waals surface area contributed by atoms with Crippen molar-refractivity contribution >= 4 is 41.5 Å². The van der Waals surface area contributed by atoms with Gasteiger partial charge in [0.25, 0.3) is 0 Å². The van der Waals surface area contributed by atoms with Crippen molar-refractivity contribution < 1.29 is 9.18 Å². The Kier molecular flexibility index (Phi) is 8.21. The lowest BCUT2D eigenvalue weighted by molar-refractivity contribution is -0.114. The molecule has 1 saturated heterocycles. The van der Waals surface area contributed by atoms with Crippen LogP contribution in [0.25, 0.3) is 0 Å². The van der Waals surface area contributed by atoms with E-state index in [2.05, 4.69) is 25.6 Å². The van der Waals surface area contributed by atoms with Crippen LogP contribution in [0.15, 0.2) is 41.7 Å². The van der Waals surface area contributed by atoms with Gasteiger partial charge in [0, 0.05) is 44.5 Å². The SMILES string of the molecule is CCNC(=NCC(=O)Nc1ccc(F)cc1)N1CCC(c2cnn(C)c2)C1.I. The Morgan fingerprint density at radius 2 is 2.11 bits per heavy atom. The zero-order valence-electron chi connectivity index (χ0n) is 16.1. The maximum absolute atomic E-state index is 12.9. The van der Waals surface area contributed by atoms with E-state index in [1.165, 1.54) is 29.8 Å². The molecule has 1 fully saturated rings. The lowest BCUT2D eigenvalue weighted by Crippen LogP contribution is -2.40. The first-order valence-corrected chi connectivity index (χ1v) is 9.12. The van der Waals surface area contributed by atoms with Gasteiger partial charge in [-0.05, 0) is 43.2 Å². The van der Waals surface area contributed by atoms with E-state index < -0.39 is 0 Å². The van der Waals surface area contributed by atoms with Crippen molar-refractivity contribution in [2.45, 2.75) is 19.3 Å². The number of nitrogens with one attached hydrogen (secondary N) is 2. The number of aromatic nitrogens is 2. The topological polar surface area (TPSA) is 74.6 Å². The summed E-state index contributed by atoms with van der Waals surface area (Å²) in [5.41, 5.74) is 1.78. The second-order valence-electron chi connectivity index (χ2n) is 6.60. The largest absolute Gasteiger partial charge is 0.357 e. The van der Waals surface area contributed by atoms with Crippen molar-refractivity contribution in [1.29, 1.82) is 0 Å². The number of anilines is 1. The minimum Gasteiger partial charge on any atom is -0.357 e. The van der Waals surface area contributed by atoms with Crippen molar-refractivity contribution in [3.05, 3.63) is 48.0 Å². The van der Waals surface area contributed by atoms with Crippen LogP contribution in [0.3, 0.4) is 0 Å². The molecule has 2 heterocycles. The number of benzene rings is 1. The summed E-state index contributed by atoms with van der Waals surface area (Å²) < 4.78 is 14.8. The number of hydrogen-bond donors (Lipinski definition) is 2. The molecule has 0 radical (unpaired) electrons. The molecule has 1 atom stereocenters. The number of aliphatic imine (C=N–C) groups is 1. The molecule has 1 aromatic heterocycles. The maximum Gasteiger partial charge on any atom is 0.246 e. The quantitative estimate of drug-likeness (QED) is 0.376. The highest BCUT2D eigenvalue weighted by Gasteiger charge is 2.27. The summed E-state index contributed by atoms with van der Waals surface area (Å²) in [5.74, 6) is 0.575. The van der Waals surface area contributed by atoms with Gasteiger partial charge in [0.15, 0.2) is 5.96 Å². The van der Waals surface area contributed by atoms with Crippen molar-refractivity contribution in [2.24, 2.45) is 12.0 Å². The van der Waals surface area contributed by atoms with Crippen LogP contribution in [0.1, 0.15) is 24.8 Å². The van der Waals surface area contributed by atoms with E-state index in [0.29, 0.717) is 11.6 Å². The lowest BCUT2D eigenvalue weighted by atomic mass is 10.0. The fourth-order valence-electron chi connectivity index (χ4n) is 3.18. The average Bonchev–Trinajstić information content (AvgIpc) is 3.29. The van der Waals surface area contributed by atoms with Crippen LogP contribution < -0.4 is 10.6 Å². The summed E-state index contributed by atoms with van der Waals surface area (Å²) in [7, 11) is 1.92. The van der Waals surface area contributed by atoms with E-state index in [0.717, 1.165) is 32.0 Å². The van der Waals surface area contributed by atoms with Crippen LogP contribution in [-0.4, -0.2) is 52.7 Å². The molecule has 7 nitrogen and oxygen atoms in total. The molecule has 28 heavy (non-hydrogen) atoms. The molecule has 1 aliphatic heterocycles. The number of amides is 1. The van der Waals surface area contributed by atoms with E-state index >= 15 is 0 Å². The highest BCUT2D eigenvalue weighted by molar-refractivity contribution is 14.0. The summed E-state index contributed by atoms with van der Waals surface area (Å²) >= 11 is 0. The van der Waals surface area contributed by atoms with Gasteiger partial charge in [-0.25, -0.2) is 9.38 Å². The number of carbonyl (C=O) groups excluding carboxylic acids is 1. The predicted octanol–water partition coefficient (Wildman–Crippen LogP) is 2.57. The molecule has 1 aromatic carbocycles. The van der Waals surface area contributed by atoms with Crippen molar-refractivity contribution in [2.75, 3.05) is 31.5 Å². The number of hydrogen-bond acceptors (Lipinski definition) is 3. The van der Waals surface area contributed by atoms with Crippen LogP contribution in [0.5, 0.6) is 0 Å². The first kappa shape index (κ1) is 22.1. The third kappa shape index (κ3) is 5.91.